The highest BCUT2D eigenvalue weighted by molar-refractivity contribution is 7.18. The maximum absolute atomic E-state index is 9.79. The number of phenolic OH excluding ortho intramolecular Hbond substituents is 2. The summed E-state index contributed by atoms with van der Waals surface area (Å²) < 4.78 is 0. The zero-order valence-electron chi connectivity index (χ0n) is 9.69. The van der Waals surface area contributed by atoms with Gasteiger partial charge in [-0.3, -0.25) is 4.98 Å². The van der Waals surface area contributed by atoms with E-state index in [-0.39, 0.29) is 11.5 Å². The number of aromatic nitrogens is 3. The lowest BCUT2D eigenvalue weighted by Crippen LogP contribution is -1.78. The summed E-state index contributed by atoms with van der Waals surface area (Å²) in [5.74, 6) is -0.00227. The van der Waals surface area contributed by atoms with Crippen molar-refractivity contribution < 1.29 is 10.2 Å². The first-order valence-electron chi connectivity index (χ1n) is 5.50. The molecule has 3 aromatic rings. The van der Waals surface area contributed by atoms with Crippen LogP contribution in [0.25, 0.3) is 21.1 Å². The molecule has 2 heterocycles. The lowest BCUT2D eigenvalue weighted by atomic mass is 10.2. The third-order valence-electron chi connectivity index (χ3n) is 2.56. The predicted octanol–water partition coefficient (Wildman–Crippen LogP) is 2.68. The standard InChI is InChI=1S/C13H9N3O2S/c17-9-1-2-10(11(18)7-9)13-16-15-12(19-13)8-3-5-14-6-4-8/h1-7,17-18H. The summed E-state index contributed by atoms with van der Waals surface area (Å²) in [6, 6.07) is 8.09. The van der Waals surface area contributed by atoms with Crippen LogP contribution in [0.15, 0.2) is 42.7 Å². The number of aromatic hydroxyl groups is 2. The fraction of sp³-hybridized carbons (Fsp3) is 0. The van der Waals surface area contributed by atoms with Gasteiger partial charge < -0.3 is 10.2 Å². The van der Waals surface area contributed by atoms with Gasteiger partial charge in [0.25, 0.3) is 0 Å². The van der Waals surface area contributed by atoms with Crippen LogP contribution in [0.5, 0.6) is 11.5 Å². The minimum atomic E-state index is -0.0163. The summed E-state index contributed by atoms with van der Waals surface area (Å²) in [6.07, 6.45) is 3.38. The van der Waals surface area contributed by atoms with Crippen molar-refractivity contribution in [2.45, 2.75) is 0 Å². The van der Waals surface area contributed by atoms with Crippen LogP contribution >= 0.6 is 11.3 Å². The minimum absolute atomic E-state index is 0.0140. The van der Waals surface area contributed by atoms with Gasteiger partial charge in [-0.15, -0.1) is 10.2 Å². The first-order valence-corrected chi connectivity index (χ1v) is 6.32. The van der Waals surface area contributed by atoms with E-state index in [0.717, 1.165) is 10.6 Å². The molecule has 1 aromatic carbocycles. The van der Waals surface area contributed by atoms with E-state index in [2.05, 4.69) is 15.2 Å². The van der Waals surface area contributed by atoms with E-state index in [1.54, 1.807) is 18.5 Å². The average molecular weight is 271 g/mol. The molecule has 6 heteroatoms. The second-order valence-electron chi connectivity index (χ2n) is 3.85. The summed E-state index contributed by atoms with van der Waals surface area (Å²) in [5.41, 5.74) is 1.48. The maximum Gasteiger partial charge on any atom is 0.151 e. The van der Waals surface area contributed by atoms with Crippen LogP contribution in [-0.2, 0) is 0 Å². The molecule has 0 saturated heterocycles. The molecule has 94 valence electrons. The van der Waals surface area contributed by atoms with Crippen LogP contribution in [0.1, 0.15) is 0 Å². The Balaban J connectivity index is 2.02. The number of benzene rings is 1. The third kappa shape index (κ3) is 2.25. The van der Waals surface area contributed by atoms with Gasteiger partial charge in [-0.1, -0.05) is 11.3 Å². The van der Waals surface area contributed by atoms with Crippen LogP contribution in [0.2, 0.25) is 0 Å². The molecule has 0 spiro atoms. The Hall–Kier alpha value is -2.47. The normalized spacial score (nSPS) is 10.5. The molecule has 2 aromatic heterocycles. The van der Waals surface area contributed by atoms with Crippen LogP contribution < -0.4 is 0 Å². The number of pyridine rings is 1. The van der Waals surface area contributed by atoms with Crippen LogP contribution in [0.4, 0.5) is 0 Å². The van der Waals surface area contributed by atoms with Crippen molar-refractivity contribution >= 4 is 11.3 Å². The molecule has 0 aliphatic heterocycles. The van der Waals surface area contributed by atoms with Crippen molar-refractivity contribution in [1.82, 2.24) is 15.2 Å². The first-order chi connectivity index (χ1) is 9.24. The smallest absolute Gasteiger partial charge is 0.151 e. The first kappa shape index (κ1) is 11.6. The molecular weight excluding hydrogens is 262 g/mol. The van der Waals surface area contributed by atoms with E-state index in [1.807, 2.05) is 12.1 Å². The highest BCUT2D eigenvalue weighted by Gasteiger charge is 2.12. The zero-order chi connectivity index (χ0) is 13.2. The van der Waals surface area contributed by atoms with Gasteiger partial charge in [0.15, 0.2) is 5.01 Å². The topological polar surface area (TPSA) is 79.1 Å². The Morgan fingerprint density at radius 1 is 0.895 bits per heavy atom. The van der Waals surface area contributed by atoms with E-state index in [1.165, 1.54) is 23.5 Å². The largest absolute Gasteiger partial charge is 0.508 e. The summed E-state index contributed by atoms with van der Waals surface area (Å²) in [5, 5.41) is 28.6. The molecule has 19 heavy (non-hydrogen) atoms. The quantitative estimate of drug-likeness (QED) is 0.749. The number of nitrogens with zero attached hydrogens (tertiary/aromatic N) is 3. The van der Waals surface area contributed by atoms with Gasteiger partial charge >= 0.3 is 0 Å². The van der Waals surface area contributed by atoms with Crippen molar-refractivity contribution in [1.29, 1.82) is 0 Å². The van der Waals surface area contributed by atoms with Crippen LogP contribution in [-0.4, -0.2) is 25.4 Å². The van der Waals surface area contributed by atoms with E-state index in [0.29, 0.717) is 10.6 Å². The van der Waals surface area contributed by atoms with Crippen molar-refractivity contribution in [2.24, 2.45) is 0 Å². The molecule has 0 unspecified atom stereocenters. The molecule has 0 amide bonds. The van der Waals surface area contributed by atoms with E-state index >= 15 is 0 Å². The number of hydrogen-bond acceptors (Lipinski definition) is 6. The molecule has 0 aliphatic rings. The second kappa shape index (κ2) is 4.66. The van der Waals surface area contributed by atoms with Crippen LogP contribution in [0, 0.1) is 0 Å². The van der Waals surface area contributed by atoms with Gasteiger partial charge in [0, 0.05) is 24.0 Å². The Morgan fingerprint density at radius 3 is 2.37 bits per heavy atom. The van der Waals surface area contributed by atoms with Crippen molar-refractivity contribution in [3.8, 4) is 32.6 Å². The monoisotopic (exact) mass is 271 g/mol. The Morgan fingerprint density at radius 2 is 1.63 bits per heavy atom. The fourth-order valence-electron chi connectivity index (χ4n) is 1.64. The molecule has 0 fully saturated rings. The van der Waals surface area contributed by atoms with Gasteiger partial charge in [-0.25, -0.2) is 0 Å². The highest BCUT2D eigenvalue weighted by atomic mass is 32.1. The van der Waals surface area contributed by atoms with E-state index in [4.69, 9.17) is 0 Å². The summed E-state index contributed by atoms with van der Waals surface area (Å²) in [7, 11) is 0. The molecule has 3 rings (SSSR count). The molecule has 5 nitrogen and oxygen atoms in total. The lowest BCUT2D eigenvalue weighted by Gasteiger charge is -2.00. The molecule has 0 aliphatic carbocycles. The van der Waals surface area contributed by atoms with Gasteiger partial charge in [-0.05, 0) is 24.3 Å². The van der Waals surface area contributed by atoms with Crippen molar-refractivity contribution in [2.75, 3.05) is 0 Å². The third-order valence-corrected chi connectivity index (χ3v) is 3.57. The fourth-order valence-corrected chi connectivity index (χ4v) is 2.53. The second-order valence-corrected chi connectivity index (χ2v) is 4.83. The van der Waals surface area contributed by atoms with Gasteiger partial charge in [-0.2, -0.15) is 0 Å². The molecular formula is C13H9N3O2S. The molecule has 2 N–H and O–H groups in total. The average Bonchev–Trinajstić information content (AvgIpc) is 2.89. The molecule has 0 radical (unpaired) electrons. The molecule has 0 atom stereocenters. The lowest BCUT2D eigenvalue weighted by molar-refractivity contribution is 0.452. The van der Waals surface area contributed by atoms with E-state index < -0.39 is 0 Å². The molecule has 0 saturated carbocycles. The van der Waals surface area contributed by atoms with Gasteiger partial charge in [0.1, 0.15) is 16.5 Å². The Labute approximate surface area is 112 Å². The van der Waals surface area contributed by atoms with E-state index in [9.17, 15) is 10.2 Å². The Kier molecular flexibility index (Phi) is 2.85. The zero-order valence-corrected chi connectivity index (χ0v) is 10.5. The summed E-state index contributed by atoms with van der Waals surface area (Å²) in [6.45, 7) is 0. The molecule has 0 bridgehead atoms. The number of rotatable bonds is 2. The van der Waals surface area contributed by atoms with Gasteiger partial charge in [0.2, 0.25) is 0 Å². The predicted molar refractivity (Wildman–Crippen MR) is 71.9 cm³/mol. The summed E-state index contributed by atoms with van der Waals surface area (Å²) >= 11 is 1.37. The SMILES string of the molecule is Oc1ccc(-c2nnc(-c3ccncc3)s2)c(O)c1. The van der Waals surface area contributed by atoms with Crippen molar-refractivity contribution in [3.05, 3.63) is 42.7 Å². The minimum Gasteiger partial charge on any atom is -0.508 e. The van der Waals surface area contributed by atoms with Gasteiger partial charge in [0.05, 0.1) is 5.56 Å². The maximum atomic E-state index is 9.79. The van der Waals surface area contributed by atoms with Crippen LogP contribution in [0.3, 0.4) is 0 Å². The van der Waals surface area contributed by atoms with Crippen molar-refractivity contribution in [3.63, 3.8) is 0 Å². The number of phenols is 2. The highest BCUT2D eigenvalue weighted by Crippen LogP contribution is 2.35. The number of hydrogen-bond donors (Lipinski definition) is 2. The Bertz CT molecular complexity index is 713. The summed E-state index contributed by atoms with van der Waals surface area (Å²) in [4.78, 5) is 3.95.